The van der Waals surface area contributed by atoms with E-state index in [0.29, 0.717) is 24.0 Å². The standard InChI is InChI=1S/C12H19ClN4O2/c1-4-17(8(2)7-19-3)12(18)11-9(13)5-6-10(15-11)16-14/h5-6,8H,4,7,14H2,1-3H3,(H,15,16). The van der Waals surface area contributed by atoms with E-state index >= 15 is 0 Å². The maximum Gasteiger partial charge on any atom is 0.274 e. The summed E-state index contributed by atoms with van der Waals surface area (Å²) in [6.07, 6.45) is 0. The SMILES string of the molecule is CCN(C(=O)c1nc(NN)ccc1Cl)C(C)COC. The molecule has 1 heterocycles. The monoisotopic (exact) mass is 286 g/mol. The van der Waals surface area contributed by atoms with Gasteiger partial charge in [-0.3, -0.25) is 4.79 Å². The Morgan fingerprint density at radius 2 is 2.32 bits per heavy atom. The first kappa shape index (κ1) is 15.7. The Balaban J connectivity index is 3.03. The van der Waals surface area contributed by atoms with Crippen molar-refractivity contribution in [1.29, 1.82) is 0 Å². The lowest BCUT2D eigenvalue weighted by molar-refractivity contribution is 0.0574. The molecular formula is C12H19ClN4O2. The largest absolute Gasteiger partial charge is 0.383 e. The second-order valence-corrected chi connectivity index (χ2v) is 4.47. The molecule has 1 amide bonds. The molecule has 0 saturated heterocycles. The molecule has 1 rings (SSSR count). The van der Waals surface area contributed by atoms with Crippen molar-refractivity contribution in [2.45, 2.75) is 19.9 Å². The third-order valence-corrected chi connectivity index (χ3v) is 3.04. The Bertz CT molecular complexity index is 442. The van der Waals surface area contributed by atoms with Crippen molar-refractivity contribution in [3.05, 3.63) is 22.8 Å². The molecule has 0 fully saturated rings. The molecule has 3 N–H and O–H groups in total. The third kappa shape index (κ3) is 3.79. The van der Waals surface area contributed by atoms with Crippen LogP contribution >= 0.6 is 11.6 Å². The van der Waals surface area contributed by atoms with E-state index in [2.05, 4.69) is 10.4 Å². The zero-order chi connectivity index (χ0) is 14.4. The highest BCUT2D eigenvalue weighted by atomic mass is 35.5. The topological polar surface area (TPSA) is 80.5 Å². The highest BCUT2D eigenvalue weighted by molar-refractivity contribution is 6.33. The van der Waals surface area contributed by atoms with Gasteiger partial charge in [0.1, 0.15) is 11.5 Å². The number of aromatic nitrogens is 1. The molecule has 1 unspecified atom stereocenters. The Morgan fingerprint density at radius 1 is 1.63 bits per heavy atom. The van der Waals surface area contributed by atoms with Crippen LogP contribution in [-0.4, -0.2) is 42.1 Å². The minimum Gasteiger partial charge on any atom is -0.383 e. The van der Waals surface area contributed by atoms with Crippen molar-refractivity contribution in [1.82, 2.24) is 9.88 Å². The predicted molar refractivity (Wildman–Crippen MR) is 75.1 cm³/mol. The van der Waals surface area contributed by atoms with Crippen LogP contribution in [0.1, 0.15) is 24.3 Å². The summed E-state index contributed by atoms with van der Waals surface area (Å²) >= 11 is 6.02. The number of amides is 1. The van der Waals surface area contributed by atoms with Crippen LogP contribution < -0.4 is 11.3 Å². The molecule has 0 saturated carbocycles. The molecule has 0 spiro atoms. The minimum atomic E-state index is -0.242. The number of nitrogens with two attached hydrogens (primary N) is 1. The van der Waals surface area contributed by atoms with E-state index < -0.39 is 0 Å². The van der Waals surface area contributed by atoms with Gasteiger partial charge in [0.2, 0.25) is 0 Å². The molecule has 19 heavy (non-hydrogen) atoms. The fourth-order valence-electron chi connectivity index (χ4n) is 1.80. The van der Waals surface area contributed by atoms with Gasteiger partial charge in [-0.1, -0.05) is 11.6 Å². The number of hydrazine groups is 1. The number of hydrogen-bond acceptors (Lipinski definition) is 5. The van der Waals surface area contributed by atoms with Crippen LogP contribution in [0.3, 0.4) is 0 Å². The lowest BCUT2D eigenvalue weighted by Gasteiger charge is -2.27. The van der Waals surface area contributed by atoms with Crippen LogP contribution in [0.2, 0.25) is 5.02 Å². The minimum absolute atomic E-state index is 0.0603. The van der Waals surface area contributed by atoms with Crippen LogP contribution in [0.4, 0.5) is 5.82 Å². The zero-order valence-corrected chi connectivity index (χ0v) is 12.1. The van der Waals surface area contributed by atoms with E-state index in [9.17, 15) is 4.79 Å². The van der Waals surface area contributed by atoms with Gasteiger partial charge in [0.05, 0.1) is 17.7 Å². The van der Waals surface area contributed by atoms with Gasteiger partial charge in [-0.15, -0.1) is 0 Å². The summed E-state index contributed by atoms with van der Waals surface area (Å²) in [5.41, 5.74) is 2.58. The number of likely N-dealkylation sites (N-methyl/N-ethyl adjacent to an activating group) is 1. The zero-order valence-electron chi connectivity index (χ0n) is 11.3. The molecule has 1 aromatic heterocycles. The number of nitrogens with one attached hydrogen (secondary N) is 1. The number of halogens is 1. The van der Waals surface area contributed by atoms with E-state index in [1.54, 1.807) is 24.1 Å². The molecule has 1 atom stereocenters. The molecular weight excluding hydrogens is 268 g/mol. The van der Waals surface area contributed by atoms with Gasteiger partial charge >= 0.3 is 0 Å². The number of carbonyl (C=O) groups is 1. The first-order valence-electron chi connectivity index (χ1n) is 5.98. The third-order valence-electron chi connectivity index (χ3n) is 2.74. The normalized spacial score (nSPS) is 12.1. The van der Waals surface area contributed by atoms with Crippen molar-refractivity contribution in [3.63, 3.8) is 0 Å². The maximum absolute atomic E-state index is 12.4. The summed E-state index contributed by atoms with van der Waals surface area (Å²) in [4.78, 5) is 18.2. The van der Waals surface area contributed by atoms with Crippen molar-refractivity contribution in [3.8, 4) is 0 Å². The van der Waals surface area contributed by atoms with Crippen molar-refractivity contribution in [2.75, 3.05) is 25.7 Å². The second-order valence-electron chi connectivity index (χ2n) is 4.07. The quantitative estimate of drug-likeness (QED) is 0.612. The second kappa shape index (κ2) is 7.28. The fraction of sp³-hybridized carbons (Fsp3) is 0.500. The smallest absolute Gasteiger partial charge is 0.274 e. The van der Waals surface area contributed by atoms with E-state index in [0.717, 1.165) is 0 Å². The average molecular weight is 287 g/mol. The summed E-state index contributed by atoms with van der Waals surface area (Å²) < 4.78 is 5.07. The van der Waals surface area contributed by atoms with Gasteiger partial charge in [0, 0.05) is 13.7 Å². The fourth-order valence-corrected chi connectivity index (χ4v) is 1.98. The number of anilines is 1. The Morgan fingerprint density at radius 3 is 2.84 bits per heavy atom. The Kier molecular flexibility index (Phi) is 6.01. The summed E-state index contributed by atoms with van der Waals surface area (Å²) in [6.45, 7) is 4.79. The van der Waals surface area contributed by atoms with Crippen LogP contribution in [0.25, 0.3) is 0 Å². The molecule has 7 heteroatoms. The molecule has 0 aliphatic carbocycles. The first-order valence-corrected chi connectivity index (χ1v) is 6.36. The van der Waals surface area contributed by atoms with Crippen LogP contribution in [-0.2, 0) is 4.74 Å². The number of methoxy groups -OCH3 is 1. The lowest BCUT2D eigenvalue weighted by Crippen LogP contribution is -2.41. The molecule has 0 bridgehead atoms. The number of carbonyl (C=O) groups excluding carboxylic acids is 1. The first-order chi connectivity index (χ1) is 9.04. The molecule has 106 valence electrons. The number of nitrogens with zero attached hydrogens (tertiary/aromatic N) is 2. The van der Waals surface area contributed by atoms with Crippen LogP contribution in [0.5, 0.6) is 0 Å². The average Bonchev–Trinajstić information content (AvgIpc) is 2.40. The van der Waals surface area contributed by atoms with E-state index in [1.165, 1.54) is 0 Å². The summed E-state index contributed by atoms with van der Waals surface area (Å²) in [6, 6.07) is 3.13. The van der Waals surface area contributed by atoms with E-state index in [1.807, 2.05) is 13.8 Å². The van der Waals surface area contributed by atoms with Gasteiger partial charge < -0.3 is 15.1 Å². The van der Waals surface area contributed by atoms with Gasteiger partial charge in [-0.2, -0.15) is 0 Å². The highest BCUT2D eigenvalue weighted by Crippen LogP contribution is 2.19. The molecule has 6 nitrogen and oxygen atoms in total. The number of rotatable bonds is 6. The van der Waals surface area contributed by atoms with Crippen molar-refractivity contribution >= 4 is 23.3 Å². The summed E-state index contributed by atoms with van der Waals surface area (Å²) in [5, 5.41) is 0.298. The van der Waals surface area contributed by atoms with Gasteiger partial charge in [-0.05, 0) is 26.0 Å². The van der Waals surface area contributed by atoms with Gasteiger partial charge in [0.15, 0.2) is 0 Å². The van der Waals surface area contributed by atoms with Crippen molar-refractivity contribution < 1.29 is 9.53 Å². The maximum atomic E-state index is 12.4. The molecule has 0 radical (unpaired) electrons. The molecule has 0 aliphatic rings. The molecule has 0 aromatic carbocycles. The van der Waals surface area contributed by atoms with Gasteiger partial charge in [-0.25, -0.2) is 10.8 Å². The number of pyridine rings is 1. The van der Waals surface area contributed by atoms with Gasteiger partial charge in [0.25, 0.3) is 5.91 Å². The van der Waals surface area contributed by atoms with Crippen LogP contribution in [0.15, 0.2) is 12.1 Å². The number of nitrogen functional groups attached to an aromatic ring is 1. The summed E-state index contributed by atoms with van der Waals surface area (Å²) in [5.74, 6) is 5.43. The van der Waals surface area contributed by atoms with E-state index in [4.69, 9.17) is 22.2 Å². The lowest BCUT2D eigenvalue weighted by atomic mass is 10.2. The molecule has 0 aliphatic heterocycles. The van der Waals surface area contributed by atoms with Crippen molar-refractivity contribution in [2.24, 2.45) is 5.84 Å². The Hall–Kier alpha value is -1.37. The summed E-state index contributed by atoms with van der Waals surface area (Å²) in [7, 11) is 1.60. The van der Waals surface area contributed by atoms with E-state index in [-0.39, 0.29) is 17.6 Å². The molecule has 1 aromatic rings. The number of hydrogen-bond donors (Lipinski definition) is 2. The Labute approximate surface area is 117 Å². The predicted octanol–water partition coefficient (Wildman–Crippen LogP) is 1.52. The highest BCUT2D eigenvalue weighted by Gasteiger charge is 2.23. The van der Waals surface area contributed by atoms with Crippen LogP contribution in [0, 0.1) is 0 Å². The number of ether oxygens (including phenoxy) is 1.